The highest BCUT2D eigenvalue weighted by atomic mass is 16.5. The van der Waals surface area contributed by atoms with Crippen LogP contribution in [0.1, 0.15) is 68.4 Å². The summed E-state index contributed by atoms with van der Waals surface area (Å²) >= 11 is 0. The van der Waals surface area contributed by atoms with Gasteiger partial charge in [0.25, 0.3) is 0 Å². The van der Waals surface area contributed by atoms with Crippen molar-refractivity contribution >= 4 is 0 Å². The van der Waals surface area contributed by atoms with E-state index in [9.17, 15) is 0 Å². The molecule has 1 aliphatic carbocycles. The highest BCUT2D eigenvalue weighted by Gasteiger charge is 2.53. The highest BCUT2D eigenvalue weighted by molar-refractivity contribution is 5.52. The van der Waals surface area contributed by atoms with Crippen LogP contribution in [0.25, 0.3) is 0 Å². The number of methoxy groups -OCH3 is 1. The third kappa shape index (κ3) is 4.38. The Labute approximate surface area is 211 Å². The van der Waals surface area contributed by atoms with Gasteiger partial charge in [0.15, 0.2) is 11.5 Å². The summed E-state index contributed by atoms with van der Waals surface area (Å²) in [7, 11) is 1.77. The van der Waals surface area contributed by atoms with Gasteiger partial charge in [-0.25, -0.2) is 0 Å². The van der Waals surface area contributed by atoms with Gasteiger partial charge in [0, 0.05) is 24.3 Å². The van der Waals surface area contributed by atoms with Gasteiger partial charge in [0.1, 0.15) is 0 Å². The molecule has 5 atom stereocenters. The van der Waals surface area contributed by atoms with Crippen LogP contribution >= 0.6 is 0 Å². The second-order valence-electron chi connectivity index (χ2n) is 11.8. The molecule has 6 rings (SSSR count). The molecule has 1 spiro atoms. The number of quaternary nitrogens is 2. The normalized spacial score (nSPS) is 33.3. The van der Waals surface area contributed by atoms with Gasteiger partial charge in [-0.2, -0.15) is 0 Å². The topological polar surface area (TPSA) is 39.5 Å². The van der Waals surface area contributed by atoms with Crippen molar-refractivity contribution < 1.29 is 19.7 Å². The molecular weight excluding hydrogens is 432 g/mol. The lowest BCUT2D eigenvalue weighted by molar-refractivity contribution is -0.939. The summed E-state index contributed by atoms with van der Waals surface area (Å²) < 4.78 is 11.9. The van der Waals surface area contributed by atoms with E-state index in [1.54, 1.807) is 12.7 Å². The molecule has 4 nitrogen and oxygen atoms in total. The summed E-state index contributed by atoms with van der Waals surface area (Å²) in [6.45, 7) is 5.90. The molecular formula is C31H44N2O2+2. The Balaban J connectivity index is 1.27. The number of likely N-dealkylation sites (tertiary alicyclic amines) is 1. The molecule has 4 heteroatoms. The first-order chi connectivity index (χ1) is 17.3. The van der Waals surface area contributed by atoms with Crippen LogP contribution in [-0.4, -0.2) is 45.9 Å². The predicted molar refractivity (Wildman–Crippen MR) is 139 cm³/mol. The number of ether oxygens (including phenoxy) is 2. The lowest BCUT2D eigenvalue weighted by Crippen LogP contribution is -3.18. The maximum absolute atomic E-state index is 6.20. The molecule has 0 aromatic heterocycles. The SMILES string of the molecule is COc1cccc2c1OCC[C@]21C[NH2+]C[C@H]1C[NH+]1CC[C@@H](c2ccccc2)C[C@H]1C1CCCCC1. The Hall–Kier alpha value is -2.04. The summed E-state index contributed by atoms with van der Waals surface area (Å²) in [5, 5.41) is 2.59. The fraction of sp³-hybridized carbons (Fsp3) is 0.613. The number of nitrogens with one attached hydrogen (secondary N) is 1. The standard InChI is InChI=1S/C31H42N2O2/c1-34-29-14-8-13-27-30(29)35-18-16-31(27)22-32-20-26(31)21-33-17-15-25(23-9-4-2-5-10-23)19-28(33)24-11-6-3-7-12-24/h2,4-5,8-10,13-14,24-26,28,32H,3,6-7,11-12,15-22H2,1H3/p+2/t25-,26+,28+,31-/m1/s1. The van der Waals surface area contributed by atoms with Gasteiger partial charge in [0.05, 0.1) is 57.3 Å². The molecule has 4 aliphatic rings. The molecule has 0 radical (unpaired) electrons. The molecule has 2 aromatic carbocycles. The molecule has 3 heterocycles. The van der Waals surface area contributed by atoms with Crippen LogP contribution in [0.15, 0.2) is 48.5 Å². The average Bonchev–Trinajstić information content (AvgIpc) is 3.32. The van der Waals surface area contributed by atoms with Crippen molar-refractivity contribution in [1.29, 1.82) is 0 Å². The minimum atomic E-state index is 0.225. The lowest BCUT2D eigenvalue weighted by atomic mass is 9.68. The van der Waals surface area contributed by atoms with Crippen LogP contribution in [0.2, 0.25) is 0 Å². The summed E-state index contributed by atoms with van der Waals surface area (Å²) in [5.74, 6) is 4.27. The van der Waals surface area contributed by atoms with Gasteiger partial charge in [-0.1, -0.05) is 61.7 Å². The first-order valence-electron chi connectivity index (χ1n) is 14.3. The molecule has 2 aromatic rings. The number of rotatable bonds is 5. The lowest BCUT2D eigenvalue weighted by Gasteiger charge is -2.45. The van der Waals surface area contributed by atoms with E-state index < -0.39 is 0 Å². The van der Waals surface area contributed by atoms with Crippen molar-refractivity contribution in [3.05, 3.63) is 59.7 Å². The van der Waals surface area contributed by atoms with Crippen molar-refractivity contribution in [3.8, 4) is 11.5 Å². The van der Waals surface area contributed by atoms with E-state index in [0.717, 1.165) is 42.4 Å². The Morgan fingerprint density at radius 1 is 1.03 bits per heavy atom. The van der Waals surface area contributed by atoms with E-state index in [1.807, 2.05) is 4.90 Å². The second-order valence-corrected chi connectivity index (χ2v) is 11.8. The number of para-hydroxylation sites is 1. The van der Waals surface area contributed by atoms with Crippen LogP contribution < -0.4 is 19.7 Å². The van der Waals surface area contributed by atoms with Crippen LogP contribution in [0.3, 0.4) is 0 Å². The fourth-order valence-electron chi connectivity index (χ4n) is 8.33. The zero-order valence-electron chi connectivity index (χ0n) is 21.5. The largest absolute Gasteiger partial charge is 0.493 e. The molecule has 2 saturated heterocycles. The van der Waals surface area contributed by atoms with Gasteiger partial charge >= 0.3 is 0 Å². The molecule has 3 fully saturated rings. The molecule has 0 bridgehead atoms. The number of nitrogens with two attached hydrogens (primary N) is 1. The highest BCUT2D eigenvalue weighted by Crippen LogP contribution is 2.48. The maximum atomic E-state index is 6.20. The van der Waals surface area contributed by atoms with Crippen molar-refractivity contribution in [3.63, 3.8) is 0 Å². The number of hydrogen-bond donors (Lipinski definition) is 2. The van der Waals surface area contributed by atoms with Crippen molar-refractivity contribution in [2.45, 2.75) is 68.7 Å². The average molecular weight is 477 g/mol. The molecule has 1 saturated carbocycles. The third-order valence-corrected chi connectivity index (χ3v) is 10.1. The Bertz CT molecular complexity index is 989. The number of hydrogen-bond acceptors (Lipinski definition) is 2. The molecule has 35 heavy (non-hydrogen) atoms. The Morgan fingerprint density at radius 2 is 1.89 bits per heavy atom. The predicted octanol–water partition coefficient (Wildman–Crippen LogP) is 3.32. The zero-order chi connectivity index (χ0) is 23.7. The van der Waals surface area contributed by atoms with E-state index >= 15 is 0 Å². The van der Waals surface area contributed by atoms with Crippen LogP contribution in [-0.2, 0) is 5.41 Å². The number of benzene rings is 2. The van der Waals surface area contributed by atoms with E-state index in [4.69, 9.17) is 9.47 Å². The molecule has 1 unspecified atom stereocenters. The number of piperidine rings is 1. The van der Waals surface area contributed by atoms with Gasteiger partial charge < -0.3 is 19.7 Å². The van der Waals surface area contributed by atoms with E-state index in [0.29, 0.717) is 5.92 Å². The molecule has 3 aliphatic heterocycles. The van der Waals surface area contributed by atoms with Crippen molar-refractivity contribution in [2.75, 3.05) is 39.9 Å². The van der Waals surface area contributed by atoms with Gasteiger partial charge in [0.2, 0.25) is 0 Å². The number of fused-ring (bicyclic) bond motifs is 2. The Kier molecular flexibility index (Phi) is 6.77. The first kappa shape index (κ1) is 23.4. The minimum Gasteiger partial charge on any atom is -0.493 e. The third-order valence-electron chi connectivity index (χ3n) is 10.1. The van der Waals surface area contributed by atoms with Crippen LogP contribution in [0, 0.1) is 11.8 Å². The zero-order valence-corrected chi connectivity index (χ0v) is 21.5. The fourth-order valence-corrected chi connectivity index (χ4v) is 8.33. The molecule has 0 amide bonds. The van der Waals surface area contributed by atoms with E-state index in [1.165, 1.54) is 76.7 Å². The summed E-state index contributed by atoms with van der Waals surface area (Å²) in [4.78, 5) is 1.92. The van der Waals surface area contributed by atoms with Crippen LogP contribution in [0.5, 0.6) is 11.5 Å². The van der Waals surface area contributed by atoms with Gasteiger partial charge in [-0.05, 0) is 36.8 Å². The van der Waals surface area contributed by atoms with E-state index in [2.05, 4.69) is 53.8 Å². The minimum absolute atomic E-state index is 0.225. The van der Waals surface area contributed by atoms with Crippen molar-refractivity contribution in [2.24, 2.45) is 11.8 Å². The maximum Gasteiger partial charge on any atom is 0.165 e. The molecule has 3 N–H and O–H groups in total. The first-order valence-corrected chi connectivity index (χ1v) is 14.3. The summed E-state index contributed by atoms with van der Waals surface area (Å²) in [5.41, 5.74) is 3.21. The quantitative estimate of drug-likeness (QED) is 0.695. The molecule has 188 valence electrons. The van der Waals surface area contributed by atoms with Gasteiger partial charge in [-0.3, -0.25) is 0 Å². The monoisotopic (exact) mass is 476 g/mol. The van der Waals surface area contributed by atoms with E-state index in [-0.39, 0.29) is 5.41 Å². The smallest absolute Gasteiger partial charge is 0.165 e. The van der Waals surface area contributed by atoms with Crippen molar-refractivity contribution in [1.82, 2.24) is 0 Å². The Morgan fingerprint density at radius 3 is 2.71 bits per heavy atom. The summed E-state index contributed by atoms with van der Waals surface area (Å²) in [6.07, 6.45) is 11.1. The van der Waals surface area contributed by atoms with Crippen LogP contribution in [0.4, 0.5) is 0 Å². The second kappa shape index (κ2) is 10.1. The summed E-state index contributed by atoms with van der Waals surface area (Å²) in [6, 6.07) is 18.8. The van der Waals surface area contributed by atoms with Gasteiger partial charge in [-0.15, -0.1) is 0 Å².